The monoisotopic (exact) mass is 260 g/mol. The lowest BCUT2D eigenvalue weighted by Crippen LogP contribution is -2.33. The van der Waals surface area contributed by atoms with Crippen molar-refractivity contribution < 1.29 is 14.9 Å². The Labute approximate surface area is 105 Å². The van der Waals surface area contributed by atoms with Crippen LogP contribution in [0.3, 0.4) is 0 Å². The third-order valence-electron chi connectivity index (χ3n) is 2.29. The molecule has 18 heavy (non-hydrogen) atoms. The smallest absolute Gasteiger partial charge is 0.330 e. The topological polar surface area (TPSA) is 105 Å². The Hall–Kier alpha value is -1.44. The van der Waals surface area contributed by atoms with Crippen LogP contribution in [0, 0.1) is 0 Å². The number of hydrogen-bond donors (Lipinski definition) is 3. The van der Waals surface area contributed by atoms with Crippen molar-refractivity contribution in [3.8, 4) is 0 Å². The van der Waals surface area contributed by atoms with Gasteiger partial charge >= 0.3 is 5.69 Å². The maximum atomic E-state index is 11.4. The summed E-state index contributed by atoms with van der Waals surface area (Å²) in [5.74, 6) is 0. The predicted molar refractivity (Wildman–Crippen MR) is 66.4 cm³/mol. The number of hydrogen-bond acceptors (Lipinski definition) is 5. The molecule has 0 saturated carbocycles. The molecule has 0 aromatic carbocycles. The molecule has 3 N–H and O–H groups in total. The largest absolute Gasteiger partial charge is 0.400 e. The van der Waals surface area contributed by atoms with Gasteiger partial charge in [-0.3, -0.25) is 14.3 Å². The molecule has 0 aliphatic heterocycles. The van der Waals surface area contributed by atoms with Crippen LogP contribution in [-0.4, -0.2) is 39.6 Å². The maximum absolute atomic E-state index is 11.4. The fourth-order valence-corrected chi connectivity index (χ4v) is 1.33. The lowest BCUT2D eigenvalue weighted by molar-refractivity contribution is -0.0682. The van der Waals surface area contributed by atoms with Crippen molar-refractivity contribution in [2.45, 2.75) is 32.6 Å². The summed E-state index contributed by atoms with van der Waals surface area (Å²) in [5.41, 5.74) is -0.963. The number of aromatic amines is 1. The summed E-state index contributed by atoms with van der Waals surface area (Å²) in [5, 5.41) is 16.0. The Morgan fingerprint density at radius 3 is 2.50 bits per heavy atom. The normalized spacial score (nSPS) is 13.4. The summed E-state index contributed by atoms with van der Waals surface area (Å²) >= 11 is 0. The van der Waals surface area contributed by atoms with E-state index in [-0.39, 0.29) is 12.7 Å². The van der Waals surface area contributed by atoms with Gasteiger partial charge < -0.3 is 14.9 Å². The van der Waals surface area contributed by atoms with Crippen LogP contribution in [0.25, 0.3) is 0 Å². The molecule has 0 radical (unpaired) electrons. The van der Waals surface area contributed by atoms with Gasteiger partial charge in [-0.1, -0.05) is 6.92 Å². The van der Waals surface area contributed by atoms with E-state index in [0.29, 0.717) is 6.42 Å². The highest BCUT2D eigenvalue weighted by Crippen LogP contribution is 2.09. The highest BCUT2D eigenvalue weighted by Gasteiger charge is 2.12. The second-order valence-electron chi connectivity index (χ2n) is 3.47. The van der Waals surface area contributed by atoms with E-state index in [9.17, 15) is 9.59 Å². The van der Waals surface area contributed by atoms with Crippen LogP contribution in [0.1, 0.15) is 26.5 Å². The number of nitrogens with one attached hydrogen (secondary N) is 1. The van der Waals surface area contributed by atoms with Gasteiger partial charge in [-0.05, 0) is 13.3 Å². The first-order valence-corrected chi connectivity index (χ1v) is 5.61. The van der Waals surface area contributed by atoms with E-state index in [2.05, 4.69) is 4.98 Å². The second-order valence-corrected chi connectivity index (χ2v) is 3.47. The zero-order valence-electron chi connectivity index (χ0n) is 10.8. The van der Waals surface area contributed by atoms with Crippen molar-refractivity contribution in [2.24, 2.45) is 0 Å². The van der Waals surface area contributed by atoms with E-state index >= 15 is 0 Å². The summed E-state index contributed by atoms with van der Waals surface area (Å²) in [7, 11) is 1.00. The summed E-state index contributed by atoms with van der Waals surface area (Å²) in [4.78, 5) is 24.4. The van der Waals surface area contributed by atoms with Crippen LogP contribution in [-0.2, 0) is 4.74 Å². The van der Waals surface area contributed by atoms with Gasteiger partial charge in [0.15, 0.2) is 0 Å². The number of nitrogens with zero attached hydrogens (tertiary/aromatic N) is 1. The van der Waals surface area contributed by atoms with Crippen molar-refractivity contribution in [3.63, 3.8) is 0 Å². The molecule has 0 aliphatic carbocycles. The lowest BCUT2D eigenvalue weighted by atomic mass is 10.3. The Balaban J connectivity index is 0.00000137. The molecule has 2 atom stereocenters. The minimum atomic E-state index is -0.526. The van der Waals surface area contributed by atoms with Crippen LogP contribution in [0.2, 0.25) is 0 Å². The molecule has 0 bridgehead atoms. The molecule has 104 valence electrons. The Bertz CT molecular complexity index is 436. The second kappa shape index (κ2) is 8.62. The quantitative estimate of drug-likeness (QED) is 0.659. The van der Waals surface area contributed by atoms with Crippen molar-refractivity contribution >= 4 is 0 Å². The van der Waals surface area contributed by atoms with Crippen LogP contribution in [0.5, 0.6) is 0 Å². The number of aromatic nitrogens is 2. The third kappa shape index (κ3) is 4.82. The van der Waals surface area contributed by atoms with E-state index in [1.807, 2.05) is 6.92 Å². The molecule has 7 nitrogen and oxygen atoms in total. The van der Waals surface area contributed by atoms with Gasteiger partial charge in [0, 0.05) is 19.4 Å². The Morgan fingerprint density at radius 1 is 1.44 bits per heavy atom. The maximum Gasteiger partial charge on any atom is 0.330 e. The van der Waals surface area contributed by atoms with Crippen molar-refractivity contribution in [1.29, 1.82) is 0 Å². The molecule has 1 aromatic heterocycles. The number of aliphatic hydroxyl groups excluding tert-OH is 2. The Morgan fingerprint density at radius 2 is 2.06 bits per heavy atom. The minimum absolute atomic E-state index is 0.0983. The summed E-state index contributed by atoms with van der Waals surface area (Å²) in [6.07, 6.45) is 1.18. The predicted octanol–water partition coefficient (Wildman–Crippen LogP) is -0.549. The highest BCUT2D eigenvalue weighted by molar-refractivity contribution is 4.83. The molecule has 0 aliphatic rings. The SMILES string of the molecule is CC[C@@H](CO)O[C@H](C)n1ccc(=O)[nH]c1=O.CO. The zero-order chi connectivity index (χ0) is 14.1. The standard InChI is InChI=1S/C10H16N2O4.CH4O/c1-3-8(6-13)16-7(2)12-5-4-9(14)11-10(12)15;1-2/h4-5,7-8,13H,3,6H2,1-2H3,(H,11,14,15);2H,1H3/t7-,8+;/m1./s1. The fourth-order valence-electron chi connectivity index (χ4n) is 1.33. The number of ether oxygens (including phenoxy) is 1. The molecule has 0 saturated heterocycles. The van der Waals surface area contributed by atoms with E-state index in [0.717, 1.165) is 7.11 Å². The minimum Gasteiger partial charge on any atom is -0.400 e. The van der Waals surface area contributed by atoms with Crippen LogP contribution in [0.15, 0.2) is 21.9 Å². The number of H-pyrrole nitrogens is 1. The van der Waals surface area contributed by atoms with Crippen molar-refractivity contribution in [1.82, 2.24) is 9.55 Å². The van der Waals surface area contributed by atoms with Crippen LogP contribution < -0.4 is 11.2 Å². The first-order chi connectivity index (χ1) is 8.58. The molecular formula is C11H20N2O5. The van der Waals surface area contributed by atoms with E-state index < -0.39 is 17.5 Å². The van der Waals surface area contributed by atoms with Gasteiger partial charge in [-0.15, -0.1) is 0 Å². The van der Waals surface area contributed by atoms with Gasteiger partial charge in [-0.2, -0.15) is 0 Å². The summed E-state index contributed by atoms with van der Waals surface area (Å²) in [6.45, 7) is 3.46. The summed E-state index contributed by atoms with van der Waals surface area (Å²) < 4.78 is 6.71. The van der Waals surface area contributed by atoms with Crippen molar-refractivity contribution in [3.05, 3.63) is 33.1 Å². The molecule has 7 heteroatoms. The van der Waals surface area contributed by atoms with E-state index in [1.165, 1.54) is 16.8 Å². The zero-order valence-corrected chi connectivity index (χ0v) is 10.8. The average molecular weight is 260 g/mol. The Kier molecular flexibility index (Phi) is 7.93. The molecule has 0 spiro atoms. The molecule has 1 rings (SSSR count). The highest BCUT2D eigenvalue weighted by atomic mass is 16.5. The van der Waals surface area contributed by atoms with Gasteiger partial charge in [0.1, 0.15) is 6.23 Å². The molecule has 1 heterocycles. The van der Waals surface area contributed by atoms with Gasteiger partial charge in [0.05, 0.1) is 12.7 Å². The van der Waals surface area contributed by atoms with Gasteiger partial charge in [-0.25, -0.2) is 4.79 Å². The van der Waals surface area contributed by atoms with Crippen molar-refractivity contribution in [2.75, 3.05) is 13.7 Å². The number of aliphatic hydroxyl groups is 2. The third-order valence-corrected chi connectivity index (χ3v) is 2.29. The molecular weight excluding hydrogens is 240 g/mol. The lowest BCUT2D eigenvalue weighted by Gasteiger charge is -2.20. The fraction of sp³-hybridized carbons (Fsp3) is 0.636. The van der Waals surface area contributed by atoms with Gasteiger partial charge in [0.25, 0.3) is 5.56 Å². The molecule has 1 aromatic rings. The summed E-state index contributed by atoms with van der Waals surface area (Å²) in [6, 6.07) is 1.25. The number of rotatable bonds is 5. The van der Waals surface area contributed by atoms with E-state index in [4.69, 9.17) is 14.9 Å². The van der Waals surface area contributed by atoms with E-state index in [1.54, 1.807) is 6.92 Å². The first kappa shape index (κ1) is 16.6. The van der Waals surface area contributed by atoms with Crippen LogP contribution >= 0.6 is 0 Å². The first-order valence-electron chi connectivity index (χ1n) is 5.61. The molecule has 0 fully saturated rings. The van der Waals surface area contributed by atoms with Crippen LogP contribution in [0.4, 0.5) is 0 Å². The van der Waals surface area contributed by atoms with Gasteiger partial charge in [0.2, 0.25) is 0 Å². The average Bonchev–Trinajstić information content (AvgIpc) is 2.38. The molecule has 0 unspecified atom stereocenters. The molecule has 0 amide bonds.